The number of hydrogen-bond donors (Lipinski definition) is 2. The van der Waals surface area contributed by atoms with Gasteiger partial charge in [-0.2, -0.15) is 0 Å². The molecule has 0 radical (unpaired) electrons. The van der Waals surface area contributed by atoms with Gasteiger partial charge in [0.1, 0.15) is 11.5 Å². The van der Waals surface area contributed by atoms with Crippen molar-refractivity contribution < 1.29 is 23.9 Å². The number of furan rings is 1. The highest BCUT2D eigenvalue weighted by molar-refractivity contribution is 8.18. The van der Waals surface area contributed by atoms with Gasteiger partial charge in [-0.05, 0) is 48.5 Å². The van der Waals surface area contributed by atoms with E-state index in [1.165, 1.54) is 12.1 Å². The van der Waals surface area contributed by atoms with Crippen LogP contribution in [-0.4, -0.2) is 22.2 Å². The third-order valence-corrected chi connectivity index (χ3v) is 4.09. The zero-order valence-corrected chi connectivity index (χ0v) is 12.8. The molecular formula is C16H11NO5S. The fourth-order valence-corrected chi connectivity index (χ4v) is 2.86. The van der Waals surface area contributed by atoms with Crippen molar-refractivity contribution in [2.75, 3.05) is 0 Å². The summed E-state index contributed by atoms with van der Waals surface area (Å²) in [5.41, 5.74) is 1.73. The average molecular weight is 329 g/mol. The van der Waals surface area contributed by atoms with E-state index in [-0.39, 0.29) is 10.5 Å². The summed E-state index contributed by atoms with van der Waals surface area (Å²) in [6.07, 6.45) is 1.50. The molecule has 0 saturated carbocycles. The van der Waals surface area contributed by atoms with Crippen LogP contribution in [0.15, 0.2) is 39.7 Å². The van der Waals surface area contributed by atoms with E-state index < -0.39 is 17.1 Å². The second-order valence-electron chi connectivity index (χ2n) is 4.89. The van der Waals surface area contributed by atoms with Gasteiger partial charge in [0.15, 0.2) is 0 Å². The first-order valence-corrected chi connectivity index (χ1v) is 7.45. The number of carboxylic acids is 1. The monoisotopic (exact) mass is 329 g/mol. The second-order valence-corrected chi connectivity index (χ2v) is 5.90. The first-order valence-electron chi connectivity index (χ1n) is 6.63. The molecule has 0 bridgehead atoms. The highest BCUT2D eigenvalue weighted by Gasteiger charge is 2.25. The van der Waals surface area contributed by atoms with E-state index in [2.05, 4.69) is 5.32 Å². The number of imide groups is 1. The summed E-state index contributed by atoms with van der Waals surface area (Å²) in [7, 11) is 0. The Morgan fingerprint density at radius 2 is 2.04 bits per heavy atom. The lowest BCUT2D eigenvalue weighted by Gasteiger charge is -2.03. The fourth-order valence-electron chi connectivity index (χ4n) is 2.20. The maximum atomic E-state index is 11.5. The Bertz CT molecular complexity index is 865. The maximum absolute atomic E-state index is 11.5. The number of rotatable bonds is 3. The summed E-state index contributed by atoms with van der Waals surface area (Å²) in [4.78, 5) is 33.9. The third-order valence-electron chi connectivity index (χ3n) is 3.28. The minimum atomic E-state index is -0.988. The van der Waals surface area contributed by atoms with E-state index in [4.69, 9.17) is 9.52 Å². The molecule has 7 heteroatoms. The summed E-state index contributed by atoms with van der Waals surface area (Å²) in [6, 6.07) is 8.16. The minimum Gasteiger partial charge on any atom is -0.478 e. The SMILES string of the molecule is Cc1cc(C(=O)O)ccc1-c1ccc(/C=C2\SC(=O)NC2=O)o1. The summed E-state index contributed by atoms with van der Waals surface area (Å²) in [6.45, 7) is 1.79. The fraction of sp³-hybridized carbons (Fsp3) is 0.0625. The largest absolute Gasteiger partial charge is 0.478 e. The molecule has 1 saturated heterocycles. The number of carboxylic acid groups (broad SMARTS) is 1. The molecule has 23 heavy (non-hydrogen) atoms. The Morgan fingerprint density at radius 1 is 1.26 bits per heavy atom. The number of hydrogen-bond acceptors (Lipinski definition) is 5. The number of aromatic carboxylic acids is 1. The van der Waals surface area contributed by atoms with E-state index in [1.807, 2.05) is 0 Å². The molecule has 2 N–H and O–H groups in total. The molecule has 116 valence electrons. The number of benzene rings is 1. The molecule has 3 rings (SSSR count). The molecule has 1 aromatic heterocycles. The van der Waals surface area contributed by atoms with Gasteiger partial charge < -0.3 is 9.52 Å². The molecule has 0 atom stereocenters. The van der Waals surface area contributed by atoms with Crippen LogP contribution in [0.25, 0.3) is 17.4 Å². The van der Waals surface area contributed by atoms with Gasteiger partial charge in [-0.25, -0.2) is 4.79 Å². The van der Waals surface area contributed by atoms with Crippen LogP contribution in [0.3, 0.4) is 0 Å². The van der Waals surface area contributed by atoms with Gasteiger partial charge in [0, 0.05) is 11.6 Å². The van der Waals surface area contributed by atoms with E-state index in [0.717, 1.165) is 22.9 Å². The van der Waals surface area contributed by atoms with Gasteiger partial charge in [0.25, 0.3) is 11.1 Å². The van der Waals surface area contributed by atoms with E-state index in [0.29, 0.717) is 11.5 Å². The van der Waals surface area contributed by atoms with Gasteiger partial charge in [-0.15, -0.1) is 0 Å². The van der Waals surface area contributed by atoms with Crippen molar-refractivity contribution in [3.8, 4) is 11.3 Å². The topological polar surface area (TPSA) is 96.6 Å². The lowest BCUT2D eigenvalue weighted by molar-refractivity contribution is -0.115. The smallest absolute Gasteiger partial charge is 0.335 e. The minimum absolute atomic E-state index is 0.206. The molecule has 2 amide bonds. The number of thioether (sulfide) groups is 1. The summed E-state index contributed by atoms with van der Waals surface area (Å²) in [5, 5.41) is 10.7. The van der Waals surface area contributed by atoms with Crippen molar-refractivity contribution in [2.45, 2.75) is 6.92 Å². The summed E-state index contributed by atoms with van der Waals surface area (Å²) < 4.78 is 5.67. The van der Waals surface area contributed by atoms with Gasteiger partial charge in [-0.1, -0.05) is 6.07 Å². The zero-order valence-electron chi connectivity index (χ0n) is 12.0. The van der Waals surface area contributed by atoms with E-state index in [1.54, 1.807) is 31.2 Å². The van der Waals surface area contributed by atoms with Crippen molar-refractivity contribution in [1.82, 2.24) is 5.32 Å². The Balaban J connectivity index is 1.91. The first-order chi connectivity index (χ1) is 10.9. The zero-order chi connectivity index (χ0) is 16.6. The Labute approximate surface area is 135 Å². The van der Waals surface area contributed by atoms with Gasteiger partial charge in [0.05, 0.1) is 10.5 Å². The predicted molar refractivity (Wildman–Crippen MR) is 84.9 cm³/mol. The van der Waals surface area contributed by atoms with Crippen LogP contribution in [0.5, 0.6) is 0 Å². The van der Waals surface area contributed by atoms with Crippen LogP contribution in [0.1, 0.15) is 21.7 Å². The standard InChI is InChI=1S/C16H11NO5S/c1-8-6-9(15(19)20)2-4-11(8)12-5-3-10(22-12)7-13-14(18)17-16(21)23-13/h2-7H,1H3,(H,19,20)(H,17,18,21)/b13-7-. The van der Waals surface area contributed by atoms with Crippen LogP contribution in [0.4, 0.5) is 4.79 Å². The Morgan fingerprint density at radius 3 is 2.65 bits per heavy atom. The molecule has 6 nitrogen and oxygen atoms in total. The Kier molecular flexibility index (Phi) is 3.79. The molecule has 1 aliphatic rings. The highest BCUT2D eigenvalue weighted by atomic mass is 32.2. The molecule has 1 fully saturated rings. The molecule has 1 aliphatic heterocycles. The summed E-state index contributed by atoms with van der Waals surface area (Å²) in [5.74, 6) is -0.437. The van der Waals surface area contributed by atoms with E-state index >= 15 is 0 Å². The number of nitrogens with one attached hydrogen (secondary N) is 1. The van der Waals surface area contributed by atoms with Crippen molar-refractivity contribution in [2.24, 2.45) is 0 Å². The van der Waals surface area contributed by atoms with Crippen LogP contribution in [0.2, 0.25) is 0 Å². The maximum Gasteiger partial charge on any atom is 0.335 e. The van der Waals surface area contributed by atoms with E-state index in [9.17, 15) is 14.4 Å². The van der Waals surface area contributed by atoms with Crippen LogP contribution < -0.4 is 5.32 Å². The van der Waals surface area contributed by atoms with Crippen LogP contribution in [0, 0.1) is 6.92 Å². The molecular weight excluding hydrogens is 318 g/mol. The number of aryl methyl sites for hydroxylation is 1. The lowest BCUT2D eigenvalue weighted by atomic mass is 10.0. The highest BCUT2D eigenvalue weighted by Crippen LogP contribution is 2.30. The molecule has 2 aromatic rings. The molecule has 0 unspecified atom stereocenters. The first kappa shape index (κ1) is 15.1. The van der Waals surface area contributed by atoms with Crippen molar-refractivity contribution in [3.05, 3.63) is 52.1 Å². The number of carbonyl (C=O) groups excluding carboxylic acids is 2. The normalized spacial score (nSPS) is 16.0. The Hall–Kier alpha value is -2.80. The van der Waals surface area contributed by atoms with Crippen molar-refractivity contribution in [3.63, 3.8) is 0 Å². The van der Waals surface area contributed by atoms with Gasteiger partial charge >= 0.3 is 5.97 Å². The average Bonchev–Trinajstić information content (AvgIpc) is 3.06. The molecule has 2 heterocycles. The van der Waals surface area contributed by atoms with Gasteiger partial charge in [0.2, 0.25) is 0 Å². The lowest BCUT2D eigenvalue weighted by Crippen LogP contribution is -2.17. The second kappa shape index (κ2) is 5.77. The van der Waals surface area contributed by atoms with Crippen LogP contribution >= 0.6 is 11.8 Å². The molecule has 0 spiro atoms. The molecule has 0 aliphatic carbocycles. The number of amides is 2. The van der Waals surface area contributed by atoms with Crippen molar-refractivity contribution >= 4 is 35.0 Å². The van der Waals surface area contributed by atoms with Crippen molar-refractivity contribution in [1.29, 1.82) is 0 Å². The predicted octanol–water partition coefficient (Wildman–Crippen LogP) is 3.28. The summed E-state index contributed by atoms with van der Waals surface area (Å²) >= 11 is 0.818. The molecule has 1 aromatic carbocycles. The number of carbonyl (C=O) groups is 3. The third kappa shape index (κ3) is 3.04. The van der Waals surface area contributed by atoms with Gasteiger partial charge in [-0.3, -0.25) is 14.9 Å². The van der Waals surface area contributed by atoms with Crippen LogP contribution in [-0.2, 0) is 4.79 Å². The quantitative estimate of drug-likeness (QED) is 0.839.